The van der Waals surface area contributed by atoms with Gasteiger partial charge >= 0.3 is 0 Å². The standard InChI is InChI=1S/C21H20N2O/c1-14-8-2-5-11-17(14)23-21(24)20-15-9-3-6-12-18(15)22-19-13-7-4-10-16(19)20/h2-3,5-6,8-9,11-12H,4,7,10,13H2,1H3,(H,23,24). The highest BCUT2D eigenvalue weighted by atomic mass is 16.1. The summed E-state index contributed by atoms with van der Waals surface area (Å²) >= 11 is 0. The number of amides is 1. The van der Waals surface area contributed by atoms with Crippen molar-refractivity contribution in [1.82, 2.24) is 4.98 Å². The van der Waals surface area contributed by atoms with Crippen molar-refractivity contribution in [2.75, 3.05) is 5.32 Å². The average molecular weight is 316 g/mol. The van der Waals surface area contributed by atoms with Crippen molar-refractivity contribution in [1.29, 1.82) is 0 Å². The van der Waals surface area contributed by atoms with Gasteiger partial charge in [-0.1, -0.05) is 36.4 Å². The molecule has 0 aliphatic heterocycles. The molecule has 3 aromatic rings. The fourth-order valence-corrected chi connectivity index (χ4v) is 3.53. The van der Waals surface area contributed by atoms with Crippen molar-refractivity contribution in [3.8, 4) is 0 Å². The fraction of sp³-hybridized carbons (Fsp3) is 0.238. The minimum absolute atomic E-state index is 0.0268. The minimum atomic E-state index is -0.0268. The third kappa shape index (κ3) is 2.56. The summed E-state index contributed by atoms with van der Waals surface area (Å²) in [5, 5.41) is 4.05. The van der Waals surface area contributed by atoms with Crippen LogP contribution in [0.25, 0.3) is 10.9 Å². The first-order valence-corrected chi connectivity index (χ1v) is 8.51. The quantitative estimate of drug-likeness (QED) is 0.746. The molecule has 1 aliphatic carbocycles. The molecule has 0 fully saturated rings. The molecule has 1 aromatic heterocycles. The molecule has 2 aromatic carbocycles. The van der Waals surface area contributed by atoms with Crippen LogP contribution in [0.1, 0.15) is 40.0 Å². The molecule has 0 saturated carbocycles. The fourth-order valence-electron chi connectivity index (χ4n) is 3.53. The molecule has 120 valence electrons. The maximum absolute atomic E-state index is 13.1. The van der Waals surface area contributed by atoms with Gasteiger partial charge in [0.1, 0.15) is 0 Å². The summed E-state index contributed by atoms with van der Waals surface area (Å²) in [4.78, 5) is 17.9. The number of carbonyl (C=O) groups excluding carboxylic acids is 1. The molecule has 0 unspecified atom stereocenters. The van der Waals surface area contributed by atoms with E-state index in [1.165, 1.54) is 0 Å². The van der Waals surface area contributed by atoms with Gasteiger partial charge in [0.15, 0.2) is 0 Å². The molecule has 1 amide bonds. The summed E-state index contributed by atoms with van der Waals surface area (Å²) in [6.45, 7) is 2.01. The summed E-state index contributed by atoms with van der Waals surface area (Å²) in [5.41, 5.74) is 5.87. The second-order valence-electron chi connectivity index (χ2n) is 6.41. The number of fused-ring (bicyclic) bond motifs is 2. The topological polar surface area (TPSA) is 42.0 Å². The molecule has 3 heteroatoms. The third-order valence-electron chi connectivity index (χ3n) is 4.79. The molecule has 0 atom stereocenters. The van der Waals surface area contributed by atoms with Crippen molar-refractivity contribution in [3.63, 3.8) is 0 Å². The van der Waals surface area contributed by atoms with Gasteiger partial charge in [-0.25, -0.2) is 0 Å². The molecule has 3 nitrogen and oxygen atoms in total. The molecule has 0 bridgehead atoms. The van der Waals surface area contributed by atoms with E-state index in [2.05, 4.69) is 5.32 Å². The molecule has 0 saturated heterocycles. The smallest absolute Gasteiger partial charge is 0.256 e. The Bertz CT molecular complexity index is 930. The number of nitrogens with zero attached hydrogens (tertiary/aromatic N) is 1. The summed E-state index contributed by atoms with van der Waals surface area (Å²) in [5.74, 6) is -0.0268. The van der Waals surface area contributed by atoms with Gasteiger partial charge < -0.3 is 5.32 Å². The Morgan fingerprint density at radius 1 is 1.00 bits per heavy atom. The molecule has 24 heavy (non-hydrogen) atoms. The van der Waals surface area contributed by atoms with E-state index in [1.54, 1.807) is 0 Å². The zero-order valence-electron chi connectivity index (χ0n) is 13.8. The number of aryl methyl sites for hydroxylation is 2. The highest BCUT2D eigenvalue weighted by molar-refractivity contribution is 6.13. The molecule has 0 spiro atoms. The Hall–Kier alpha value is -2.68. The second-order valence-corrected chi connectivity index (χ2v) is 6.41. The van der Waals surface area contributed by atoms with Crippen LogP contribution < -0.4 is 5.32 Å². The summed E-state index contributed by atoms with van der Waals surface area (Å²) in [6.07, 6.45) is 4.17. The molecular weight excluding hydrogens is 296 g/mol. The van der Waals surface area contributed by atoms with Crippen molar-refractivity contribution in [2.45, 2.75) is 32.6 Å². The number of hydrogen-bond donors (Lipinski definition) is 1. The van der Waals surface area contributed by atoms with E-state index in [0.29, 0.717) is 0 Å². The van der Waals surface area contributed by atoms with E-state index >= 15 is 0 Å². The number of para-hydroxylation sites is 2. The van der Waals surface area contributed by atoms with Gasteiger partial charge in [0.25, 0.3) is 5.91 Å². The summed E-state index contributed by atoms with van der Waals surface area (Å²) < 4.78 is 0. The van der Waals surface area contributed by atoms with Gasteiger partial charge in [-0.15, -0.1) is 0 Å². The zero-order chi connectivity index (χ0) is 16.5. The number of hydrogen-bond acceptors (Lipinski definition) is 2. The number of benzene rings is 2. The van der Waals surface area contributed by atoms with E-state index < -0.39 is 0 Å². The van der Waals surface area contributed by atoms with E-state index in [-0.39, 0.29) is 5.91 Å². The predicted molar refractivity (Wildman–Crippen MR) is 97.5 cm³/mol. The minimum Gasteiger partial charge on any atom is -0.322 e. The molecule has 1 aliphatic rings. The van der Waals surface area contributed by atoms with E-state index in [0.717, 1.165) is 64.7 Å². The van der Waals surface area contributed by atoms with Crippen molar-refractivity contribution < 1.29 is 4.79 Å². The first kappa shape index (κ1) is 14.9. The van der Waals surface area contributed by atoms with Crippen LogP contribution in [0.2, 0.25) is 0 Å². The van der Waals surface area contributed by atoms with Crippen molar-refractivity contribution in [2.24, 2.45) is 0 Å². The Kier molecular flexibility index (Phi) is 3.77. The van der Waals surface area contributed by atoms with Crippen molar-refractivity contribution >= 4 is 22.5 Å². The van der Waals surface area contributed by atoms with Crippen LogP contribution in [-0.2, 0) is 12.8 Å². The largest absolute Gasteiger partial charge is 0.322 e. The number of nitrogens with one attached hydrogen (secondary N) is 1. The lowest BCUT2D eigenvalue weighted by atomic mass is 9.89. The molecule has 1 heterocycles. The van der Waals surface area contributed by atoms with Gasteiger partial charge in [0, 0.05) is 16.8 Å². The highest BCUT2D eigenvalue weighted by Gasteiger charge is 2.22. The number of anilines is 1. The van der Waals surface area contributed by atoms with Crippen molar-refractivity contribution in [3.05, 3.63) is 70.9 Å². The lowest BCUT2D eigenvalue weighted by molar-refractivity contribution is 0.102. The van der Waals surface area contributed by atoms with E-state index in [1.807, 2.05) is 55.5 Å². The predicted octanol–water partition coefficient (Wildman–Crippen LogP) is 4.67. The van der Waals surface area contributed by atoms with Gasteiger partial charge in [-0.05, 0) is 55.9 Å². The maximum atomic E-state index is 13.1. The van der Waals surface area contributed by atoms with Gasteiger partial charge in [-0.2, -0.15) is 0 Å². The highest BCUT2D eigenvalue weighted by Crippen LogP contribution is 2.30. The number of pyridine rings is 1. The lowest BCUT2D eigenvalue weighted by Crippen LogP contribution is -2.19. The van der Waals surface area contributed by atoms with Crippen LogP contribution in [0.5, 0.6) is 0 Å². The monoisotopic (exact) mass is 316 g/mol. The van der Waals surface area contributed by atoms with Crippen LogP contribution in [-0.4, -0.2) is 10.9 Å². The SMILES string of the molecule is Cc1ccccc1NC(=O)c1c2c(nc3ccccc13)CCCC2. The number of aromatic nitrogens is 1. The van der Waals surface area contributed by atoms with Crippen LogP contribution in [0, 0.1) is 6.92 Å². The third-order valence-corrected chi connectivity index (χ3v) is 4.79. The van der Waals surface area contributed by atoms with Gasteiger partial charge in [-0.3, -0.25) is 9.78 Å². The molecular formula is C21H20N2O. The summed E-state index contributed by atoms with van der Waals surface area (Å²) in [6, 6.07) is 15.8. The Balaban J connectivity index is 1.85. The van der Waals surface area contributed by atoms with Crippen LogP contribution in [0.15, 0.2) is 48.5 Å². The second kappa shape index (κ2) is 6.08. The van der Waals surface area contributed by atoms with Crippen LogP contribution in [0.3, 0.4) is 0 Å². The number of rotatable bonds is 2. The average Bonchev–Trinajstić information content (AvgIpc) is 2.61. The van der Waals surface area contributed by atoms with Gasteiger partial charge in [0.05, 0.1) is 11.1 Å². The first-order chi connectivity index (χ1) is 11.7. The Morgan fingerprint density at radius 2 is 1.75 bits per heavy atom. The number of carbonyl (C=O) groups is 1. The zero-order valence-corrected chi connectivity index (χ0v) is 13.8. The maximum Gasteiger partial charge on any atom is 0.256 e. The van der Waals surface area contributed by atoms with Crippen LogP contribution >= 0.6 is 0 Å². The molecule has 0 radical (unpaired) electrons. The Morgan fingerprint density at radius 3 is 2.62 bits per heavy atom. The van der Waals surface area contributed by atoms with E-state index in [4.69, 9.17) is 4.98 Å². The lowest BCUT2D eigenvalue weighted by Gasteiger charge is -2.20. The first-order valence-electron chi connectivity index (χ1n) is 8.51. The molecule has 1 N–H and O–H groups in total. The van der Waals surface area contributed by atoms with E-state index in [9.17, 15) is 4.79 Å². The Labute approximate surface area is 141 Å². The van der Waals surface area contributed by atoms with Gasteiger partial charge in [0.2, 0.25) is 0 Å². The van der Waals surface area contributed by atoms with Crippen LogP contribution in [0.4, 0.5) is 5.69 Å². The summed E-state index contributed by atoms with van der Waals surface area (Å²) in [7, 11) is 0. The molecule has 4 rings (SSSR count). The normalized spacial score (nSPS) is 13.5.